The first-order chi connectivity index (χ1) is 15.0. The summed E-state index contributed by atoms with van der Waals surface area (Å²) in [6.07, 6.45) is 1.10. The maximum Gasteiger partial charge on any atom is 0.232 e. The summed E-state index contributed by atoms with van der Waals surface area (Å²) in [6.45, 7) is 1.76. The van der Waals surface area contributed by atoms with Crippen molar-refractivity contribution in [2.75, 3.05) is 52.9 Å². The van der Waals surface area contributed by atoms with Crippen molar-refractivity contribution in [2.45, 2.75) is 12.8 Å². The summed E-state index contributed by atoms with van der Waals surface area (Å²) < 4.78 is 17.5. The Hall–Kier alpha value is -2.84. The van der Waals surface area contributed by atoms with Gasteiger partial charge in [-0.1, -0.05) is 29.5 Å². The minimum Gasteiger partial charge on any atom is -0.495 e. The highest BCUT2D eigenvalue weighted by atomic mass is 32.1. The summed E-state index contributed by atoms with van der Waals surface area (Å²) in [5, 5.41) is 0.640. The van der Waals surface area contributed by atoms with E-state index in [0.717, 1.165) is 23.4 Å². The van der Waals surface area contributed by atoms with Crippen LogP contribution in [0, 0.1) is 0 Å². The fourth-order valence-electron chi connectivity index (χ4n) is 3.17. The van der Waals surface area contributed by atoms with Crippen LogP contribution in [0.1, 0.15) is 12.8 Å². The van der Waals surface area contributed by atoms with Crippen molar-refractivity contribution in [3.05, 3.63) is 42.5 Å². The van der Waals surface area contributed by atoms with Gasteiger partial charge in [-0.05, 0) is 51.3 Å². The molecule has 1 amide bonds. The van der Waals surface area contributed by atoms with Crippen LogP contribution in [0.5, 0.6) is 17.2 Å². The lowest BCUT2D eigenvalue weighted by Crippen LogP contribution is -2.34. The number of thiazole rings is 1. The molecule has 3 rings (SSSR count). The fourth-order valence-corrected chi connectivity index (χ4v) is 4.29. The molecular weight excluding hydrogens is 414 g/mol. The lowest BCUT2D eigenvalue weighted by atomic mass is 10.3. The third-order valence-corrected chi connectivity index (χ3v) is 5.84. The Bertz CT molecular complexity index is 950. The normalized spacial score (nSPS) is 11.0. The topological polar surface area (TPSA) is 64.1 Å². The van der Waals surface area contributed by atoms with E-state index in [1.807, 2.05) is 56.6 Å². The number of aromatic nitrogens is 1. The van der Waals surface area contributed by atoms with Gasteiger partial charge in [-0.3, -0.25) is 9.69 Å². The van der Waals surface area contributed by atoms with E-state index in [2.05, 4.69) is 4.90 Å². The molecule has 0 atom stereocenters. The predicted molar refractivity (Wildman–Crippen MR) is 125 cm³/mol. The Balaban J connectivity index is 1.81. The summed E-state index contributed by atoms with van der Waals surface area (Å²) >= 11 is 1.44. The van der Waals surface area contributed by atoms with Crippen molar-refractivity contribution in [3.63, 3.8) is 0 Å². The summed E-state index contributed by atoms with van der Waals surface area (Å²) in [7, 11) is 7.28. The van der Waals surface area contributed by atoms with Gasteiger partial charge in [0.2, 0.25) is 5.91 Å². The zero-order valence-electron chi connectivity index (χ0n) is 18.5. The van der Waals surface area contributed by atoms with Crippen molar-refractivity contribution < 1.29 is 19.0 Å². The molecule has 0 N–H and O–H groups in total. The molecule has 0 aliphatic rings. The van der Waals surface area contributed by atoms with Crippen LogP contribution in [0.2, 0.25) is 0 Å². The van der Waals surface area contributed by atoms with Crippen LogP contribution in [0.15, 0.2) is 42.5 Å². The highest BCUT2D eigenvalue weighted by molar-refractivity contribution is 7.22. The van der Waals surface area contributed by atoms with Gasteiger partial charge in [0.15, 0.2) is 5.13 Å². The van der Waals surface area contributed by atoms with Gasteiger partial charge in [-0.2, -0.15) is 0 Å². The van der Waals surface area contributed by atoms with Crippen LogP contribution in [0.4, 0.5) is 5.13 Å². The molecule has 2 aromatic carbocycles. The maximum atomic E-state index is 13.1. The number of nitrogens with zero attached hydrogens (tertiary/aromatic N) is 3. The molecule has 0 fully saturated rings. The van der Waals surface area contributed by atoms with Crippen LogP contribution in [-0.4, -0.2) is 63.8 Å². The molecule has 7 nitrogen and oxygen atoms in total. The molecule has 0 saturated carbocycles. The zero-order chi connectivity index (χ0) is 22.2. The monoisotopic (exact) mass is 443 g/mol. The molecule has 8 heteroatoms. The Morgan fingerprint density at radius 3 is 2.39 bits per heavy atom. The Kier molecular flexibility index (Phi) is 8.08. The molecule has 0 bridgehead atoms. The van der Waals surface area contributed by atoms with E-state index in [1.54, 1.807) is 19.1 Å². The van der Waals surface area contributed by atoms with E-state index in [9.17, 15) is 4.79 Å². The average Bonchev–Trinajstić information content (AvgIpc) is 3.21. The summed E-state index contributed by atoms with van der Waals surface area (Å²) in [5.74, 6) is 2.11. The van der Waals surface area contributed by atoms with Gasteiger partial charge in [0.05, 0.1) is 27.2 Å². The van der Waals surface area contributed by atoms with E-state index in [0.29, 0.717) is 35.3 Å². The number of hydrogen-bond acceptors (Lipinski definition) is 7. The van der Waals surface area contributed by atoms with Crippen molar-refractivity contribution in [3.8, 4) is 17.2 Å². The highest BCUT2D eigenvalue weighted by Crippen LogP contribution is 2.40. The molecule has 0 aliphatic carbocycles. The highest BCUT2D eigenvalue weighted by Gasteiger charge is 2.22. The third kappa shape index (κ3) is 5.86. The number of fused-ring (bicyclic) bond motifs is 1. The summed E-state index contributed by atoms with van der Waals surface area (Å²) in [5.41, 5.74) is 0.702. The molecule has 0 radical (unpaired) electrons. The third-order valence-electron chi connectivity index (χ3n) is 4.75. The van der Waals surface area contributed by atoms with Gasteiger partial charge in [0.25, 0.3) is 0 Å². The van der Waals surface area contributed by atoms with Crippen LogP contribution < -0.4 is 19.1 Å². The molecule has 166 valence electrons. The van der Waals surface area contributed by atoms with Gasteiger partial charge < -0.3 is 19.1 Å². The standard InChI is InChI=1S/C23H29N3O4S/c1-25(2)14-8-15-26(20(27)13-16-30-17-9-6-5-7-10-17)23-24-21-18(28-3)11-12-19(29-4)22(21)31-23/h5-7,9-12H,8,13-16H2,1-4H3. The second kappa shape index (κ2) is 11.0. The minimum atomic E-state index is -0.0216. The van der Waals surface area contributed by atoms with Gasteiger partial charge >= 0.3 is 0 Å². The van der Waals surface area contributed by atoms with Crippen LogP contribution in [0.25, 0.3) is 10.2 Å². The molecule has 1 aromatic heterocycles. The molecule has 0 aliphatic heterocycles. The number of carbonyl (C=O) groups excluding carboxylic acids is 1. The smallest absolute Gasteiger partial charge is 0.232 e. The number of para-hydroxylation sites is 1. The largest absolute Gasteiger partial charge is 0.495 e. The Morgan fingerprint density at radius 2 is 1.71 bits per heavy atom. The number of amides is 1. The molecule has 3 aromatic rings. The SMILES string of the molecule is COc1ccc(OC)c2sc(N(CCCN(C)C)C(=O)CCOc3ccccc3)nc12. The van der Waals surface area contributed by atoms with E-state index in [1.165, 1.54) is 11.3 Å². The Labute approximate surface area is 187 Å². The van der Waals surface area contributed by atoms with Crippen LogP contribution in [-0.2, 0) is 4.79 Å². The molecule has 31 heavy (non-hydrogen) atoms. The van der Waals surface area contributed by atoms with E-state index in [4.69, 9.17) is 19.2 Å². The second-order valence-electron chi connectivity index (χ2n) is 7.26. The Morgan fingerprint density at radius 1 is 1.00 bits per heavy atom. The van der Waals surface area contributed by atoms with E-state index >= 15 is 0 Å². The number of methoxy groups -OCH3 is 2. The van der Waals surface area contributed by atoms with Crippen molar-refractivity contribution in [1.82, 2.24) is 9.88 Å². The second-order valence-corrected chi connectivity index (χ2v) is 8.24. The van der Waals surface area contributed by atoms with Crippen LogP contribution >= 0.6 is 11.3 Å². The number of anilines is 1. The van der Waals surface area contributed by atoms with Crippen molar-refractivity contribution >= 4 is 32.6 Å². The van der Waals surface area contributed by atoms with Gasteiger partial charge in [-0.15, -0.1) is 0 Å². The number of rotatable bonds is 11. The molecule has 0 spiro atoms. The van der Waals surface area contributed by atoms with E-state index in [-0.39, 0.29) is 12.3 Å². The van der Waals surface area contributed by atoms with Crippen molar-refractivity contribution in [1.29, 1.82) is 0 Å². The molecule has 0 saturated heterocycles. The maximum absolute atomic E-state index is 13.1. The number of benzene rings is 2. The van der Waals surface area contributed by atoms with E-state index < -0.39 is 0 Å². The predicted octanol–water partition coefficient (Wildman–Crippen LogP) is 4.07. The summed E-state index contributed by atoms with van der Waals surface area (Å²) in [4.78, 5) is 21.7. The minimum absolute atomic E-state index is 0.0216. The first-order valence-corrected chi connectivity index (χ1v) is 11.0. The number of hydrogen-bond donors (Lipinski definition) is 0. The van der Waals surface area contributed by atoms with Crippen molar-refractivity contribution in [2.24, 2.45) is 0 Å². The number of ether oxygens (including phenoxy) is 3. The van der Waals surface area contributed by atoms with Gasteiger partial charge in [-0.25, -0.2) is 4.98 Å². The van der Waals surface area contributed by atoms with Gasteiger partial charge in [0, 0.05) is 6.54 Å². The summed E-state index contributed by atoms with van der Waals surface area (Å²) in [6, 6.07) is 13.2. The zero-order valence-corrected chi connectivity index (χ0v) is 19.3. The van der Waals surface area contributed by atoms with Gasteiger partial charge in [0.1, 0.15) is 27.5 Å². The fraction of sp³-hybridized carbons (Fsp3) is 0.391. The average molecular weight is 444 g/mol. The lowest BCUT2D eigenvalue weighted by Gasteiger charge is -2.21. The first-order valence-electron chi connectivity index (χ1n) is 10.2. The molecule has 1 heterocycles. The molecule has 0 unspecified atom stereocenters. The van der Waals surface area contributed by atoms with Crippen LogP contribution in [0.3, 0.4) is 0 Å². The lowest BCUT2D eigenvalue weighted by molar-refractivity contribution is -0.119. The number of carbonyl (C=O) groups is 1. The quantitative estimate of drug-likeness (QED) is 0.445. The first kappa shape index (κ1) is 22.8. The molecular formula is C23H29N3O4S.